The van der Waals surface area contributed by atoms with Crippen molar-refractivity contribution >= 4 is 45.2 Å². The third kappa shape index (κ3) is 10.3. The molecular weight excluding hydrogens is 705 g/mol. The molecule has 0 aliphatic heterocycles. The summed E-state index contributed by atoms with van der Waals surface area (Å²) >= 11 is 0. The summed E-state index contributed by atoms with van der Waals surface area (Å²) in [6.07, 6.45) is 2.15. The van der Waals surface area contributed by atoms with Gasteiger partial charge in [-0.3, -0.25) is 0 Å². The number of benzene rings is 5. The molecule has 0 bridgehead atoms. The van der Waals surface area contributed by atoms with Gasteiger partial charge in [-0.05, 0) is 83.8 Å². The number of hydrogen-bond acceptors (Lipinski definition) is 8. The third-order valence-corrected chi connectivity index (χ3v) is 9.84. The van der Waals surface area contributed by atoms with E-state index in [0.717, 1.165) is 82.9 Å². The van der Waals surface area contributed by atoms with Gasteiger partial charge in [0.1, 0.15) is 11.0 Å². The zero-order valence-electron chi connectivity index (χ0n) is 35.0. The Labute approximate surface area is 340 Å². The second-order valence-corrected chi connectivity index (χ2v) is 16.2. The Morgan fingerprint density at radius 3 is 1.56 bits per heavy atom. The van der Waals surface area contributed by atoms with Gasteiger partial charge in [-0.1, -0.05) is 116 Å². The van der Waals surface area contributed by atoms with Gasteiger partial charge in [0.05, 0.1) is 24.5 Å². The van der Waals surface area contributed by atoms with Gasteiger partial charge < -0.3 is 25.7 Å². The van der Waals surface area contributed by atoms with E-state index in [1.807, 2.05) is 4.80 Å². The van der Waals surface area contributed by atoms with Gasteiger partial charge >= 0.3 is 0 Å². The van der Waals surface area contributed by atoms with Crippen LogP contribution in [0.5, 0.6) is 0 Å². The molecule has 9 heteroatoms. The summed E-state index contributed by atoms with van der Waals surface area (Å²) in [7, 11) is 0. The highest BCUT2D eigenvalue weighted by Crippen LogP contribution is 2.46. The van der Waals surface area contributed by atoms with Crippen LogP contribution in [0, 0.1) is 17.8 Å². The zero-order valence-corrected chi connectivity index (χ0v) is 35.0. The molecule has 0 aliphatic rings. The highest BCUT2D eigenvalue weighted by molar-refractivity contribution is 6.13. The summed E-state index contributed by atoms with van der Waals surface area (Å²) in [4.78, 5) is 6.59. The van der Waals surface area contributed by atoms with E-state index in [1.54, 1.807) is 0 Å². The number of nitrogens with one attached hydrogen (secondary N) is 2. The first-order valence-corrected chi connectivity index (χ1v) is 20.8. The van der Waals surface area contributed by atoms with Gasteiger partial charge in [0.25, 0.3) is 0 Å². The van der Waals surface area contributed by atoms with Crippen LogP contribution < -0.4 is 26.4 Å². The molecule has 1 aromatic heterocycles. The molecule has 0 aliphatic carbocycles. The fourth-order valence-electron chi connectivity index (χ4n) is 7.21. The van der Waals surface area contributed by atoms with Crippen molar-refractivity contribution in [2.45, 2.75) is 67.9 Å². The van der Waals surface area contributed by atoms with Crippen molar-refractivity contribution in [1.82, 2.24) is 20.4 Å². The minimum Gasteiger partial charge on any atom is -0.396 e. The molecule has 0 spiro atoms. The topological polar surface area (TPSA) is 96.5 Å². The smallest absolute Gasteiger partial charge is 0.123 e. The summed E-state index contributed by atoms with van der Waals surface area (Å²) in [5.41, 5.74) is 25.6. The van der Waals surface area contributed by atoms with Crippen LogP contribution in [0.1, 0.15) is 61.3 Å². The molecule has 300 valence electrons. The number of unbranched alkanes of at least 4 members (excludes halogenated alkanes) is 1. The van der Waals surface area contributed by atoms with Crippen molar-refractivity contribution < 1.29 is 4.74 Å². The minimum atomic E-state index is 0.358. The van der Waals surface area contributed by atoms with E-state index in [1.165, 1.54) is 11.4 Å². The molecule has 0 fully saturated rings. The predicted molar refractivity (Wildman–Crippen MR) is 242 cm³/mol. The highest BCUT2D eigenvalue weighted by Gasteiger charge is 2.25. The molecule has 0 amide bonds. The minimum absolute atomic E-state index is 0.358. The lowest BCUT2D eigenvalue weighted by Gasteiger charge is -2.27. The molecule has 0 atom stereocenters. The quantitative estimate of drug-likeness (QED) is 0.0401. The molecule has 6 rings (SSSR count). The number of para-hydroxylation sites is 2. The third-order valence-electron chi connectivity index (χ3n) is 9.84. The number of nitrogens with zero attached hydrogens (tertiary/aromatic N) is 5. The van der Waals surface area contributed by atoms with E-state index in [-0.39, 0.29) is 0 Å². The first-order valence-electron chi connectivity index (χ1n) is 20.8. The zero-order chi connectivity index (χ0) is 40.3. The van der Waals surface area contributed by atoms with Crippen LogP contribution in [-0.4, -0.2) is 47.8 Å². The van der Waals surface area contributed by atoms with E-state index >= 15 is 0 Å². The Bertz CT molecular complexity index is 2130. The number of nitrogen functional groups attached to an aromatic ring is 1. The number of aromatic nitrogens is 3. The number of nitrogens with two attached hydrogens (primary N) is 1. The van der Waals surface area contributed by atoms with E-state index in [0.29, 0.717) is 43.1 Å². The molecule has 0 radical (unpaired) electrons. The van der Waals surface area contributed by atoms with Crippen LogP contribution in [0.2, 0.25) is 0 Å². The number of anilines is 6. The molecule has 4 N–H and O–H groups in total. The lowest BCUT2D eigenvalue weighted by Crippen LogP contribution is -2.27. The van der Waals surface area contributed by atoms with Crippen LogP contribution in [-0.2, 0) is 11.3 Å². The maximum absolute atomic E-state index is 7.34. The molecule has 0 saturated heterocycles. The number of fused-ring (bicyclic) bond motifs is 1. The average Bonchev–Trinajstić information content (AvgIpc) is 3.61. The Kier molecular flexibility index (Phi) is 14.2. The van der Waals surface area contributed by atoms with E-state index in [9.17, 15) is 0 Å². The number of hydrogen-bond donors (Lipinski definition) is 3. The molecule has 9 nitrogen and oxygen atoms in total. The van der Waals surface area contributed by atoms with Gasteiger partial charge in [0.2, 0.25) is 0 Å². The molecule has 6 aromatic rings. The first-order chi connectivity index (χ1) is 27.6. The van der Waals surface area contributed by atoms with E-state index in [4.69, 9.17) is 20.7 Å². The Balaban J connectivity index is 1.47. The van der Waals surface area contributed by atoms with Crippen molar-refractivity contribution in [3.63, 3.8) is 0 Å². The lowest BCUT2D eigenvalue weighted by molar-refractivity contribution is 0.134. The van der Waals surface area contributed by atoms with Crippen LogP contribution >= 0.6 is 0 Å². The van der Waals surface area contributed by atoms with Gasteiger partial charge in [0.15, 0.2) is 0 Å². The van der Waals surface area contributed by atoms with Crippen molar-refractivity contribution in [3.8, 4) is 22.3 Å². The van der Waals surface area contributed by atoms with Crippen molar-refractivity contribution in [2.75, 3.05) is 53.8 Å². The second-order valence-electron chi connectivity index (χ2n) is 16.2. The normalized spacial score (nSPS) is 11.6. The highest BCUT2D eigenvalue weighted by atomic mass is 16.5. The molecule has 1 heterocycles. The monoisotopic (exact) mass is 767 g/mol. The van der Waals surface area contributed by atoms with Gasteiger partial charge in [-0.15, -0.1) is 0 Å². The Morgan fingerprint density at radius 1 is 0.614 bits per heavy atom. The van der Waals surface area contributed by atoms with Crippen LogP contribution in [0.25, 0.3) is 33.3 Å². The average molecular weight is 767 g/mol. The van der Waals surface area contributed by atoms with Crippen molar-refractivity contribution in [2.24, 2.45) is 17.8 Å². The second kappa shape index (κ2) is 19.7. The fourth-order valence-corrected chi connectivity index (χ4v) is 7.21. The number of rotatable bonds is 20. The van der Waals surface area contributed by atoms with Crippen LogP contribution in [0.4, 0.5) is 34.1 Å². The largest absolute Gasteiger partial charge is 0.396 e. The van der Waals surface area contributed by atoms with Gasteiger partial charge in [-0.2, -0.15) is 15.0 Å². The summed E-state index contributed by atoms with van der Waals surface area (Å²) < 4.78 is 5.88. The van der Waals surface area contributed by atoms with E-state index < -0.39 is 0 Å². The summed E-state index contributed by atoms with van der Waals surface area (Å²) in [6.45, 7) is 20.0. The van der Waals surface area contributed by atoms with Crippen LogP contribution in [0.3, 0.4) is 0 Å². The first kappa shape index (κ1) is 41.3. The predicted octanol–water partition coefficient (Wildman–Crippen LogP) is 11.3. The number of ether oxygens (including phenoxy) is 1. The Morgan fingerprint density at radius 2 is 1.09 bits per heavy atom. The van der Waals surface area contributed by atoms with Gasteiger partial charge in [0, 0.05) is 60.1 Å². The summed E-state index contributed by atoms with van der Waals surface area (Å²) in [5.74, 6) is 1.32. The van der Waals surface area contributed by atoms with Crippen molar-refractivity contribution in [1.29, 1.82) is 0 Å². The molecular formula is C48H62N8O. The molecule has 5 aromatic carbocycles. The lowest BCUT2D eigenvalue weighted by atomic mass is 9.93. The van der Waals surface area contributed by atoms with Gasteiger partial charge in [-0.25, -0.2) is 5.43 Å². The molecule has 0 saturated carbocycles. The molecule has 0 unspecified atom stereocenters. The number of hydrazine groups is 1. The standard InChI is InChI=1S/C48H62N8O/c1-8-9-29-57-30-28-50-51-46-44(38-22-26-42(27-23-38)55(32-35(4)5)40-18-14-11-15-19-40)48-47(52-56(53-48)33-36(6)7)43(45(46)49)37-20-24-41(25-21-37)54(31-34(2)3)39-16-12-10-13-17-39/h10-27,34-36,50-51H,8-9,28-33,49H2,1-7H3. The Hall–Kier alpha value is -5.38. The maximum Gasteiger partial charge on any atom is 0.123 e. The SMILES string of the molecule is CCCCOCCNNc1c(N)c(-c2ccc(N(CC(C)C)c3ccccc3)cc2)c2nn(CC(C)C)nc2c1-c1ccc(N(CC(C)C)c2ccccc2)cc1. The summed E-state index contributed by atoms with van der Waals surface area (Å²) in [6, 6.07) is 38.6. The van der Waals surface area contributed by atoms with Crippen molar-refractivity contribution in [3.05, 3.63) is 109 Å². The maximum atomic E-state index is 7.34. The van der Waals surface area contributed by atoms with Crippen LogP contribution in [0.15, 0.2) is 109 Å². The summed E-state index contributed by atoms with van der Waals surface area (Å²) in [5, 5.41) is 10.4. The molecule has 57 heavy (non-hydrogen) atoms. The van der Waals surface area contributed by atoms with E-state index in [2.05, 4.69) is 178 Å². The fraction of sp³-hybridized carbons (Fsp3) is 0.375.